The molecule has 9 nitrogen and oxygen atoms in total. The molecule has 0 aliphatic heterocycles. The van der Waals surface area contributed by atoms with Crippen LogP contribution in [-0.4, -0.2) is 51.6 Å². The van der Waals surface area contributed by atoms with E-state index in [0.29, 0.717) is 5.82 Å². The number of aromatic nitrogens is 3. The second-order valence-corrected chi connectivity index (χ2v) is 4.05. The number of carboxylic acid groups (broad SMARTS) is 1. The molecular formula is C11H19N5O4. The van der Waals surface area contributed by atoms with Gasteiger partial charge in [0.05, 0.1) is 19.1 Å². The van der Waals surface area contributed by atoms with Crippen molar-refractivity contribution in [3.63, 3.8) is 0 Å². The number of hydrogen-bond donors (Lipinski definition) is 3. The molecule has 0 aromatic carbocycles. The number of hydrogen-bond acceptors (Lipinski definition) is 5. The Labute approximate surface area is 116 Å². The van der Waals surface area contributed by atoms with Crippen molar-refractivity contribution in [2.45, 2.75) is 32.5 Å². The number of carbonyl (C=O) groups excluding carboxylic acids is 1. The summed E-state index contributed by atoms with van der Waals surface area (Å²) < 4.78 is 6.76. The topological polar surface area (TPSA) is 118 Å². The first kappa shape index (κ1) is 15.9. The molecule has 0 bridgehead atoms. The van der Waals surface area contributed by atoms with E-state index in [-0.39, 0.29) is 19.5 Å². The fraction of sp³-hybridized carbons (Fsp3) is 0.636. The van der Waals surface area contributed by atoms with E-state index in [2.05, 4.69) is 20.8 Å². The number of carboxylic acids is 1. The number of aryl methyl sites for hydroxylation is 1. The molecular weight excluding hydrogens is 266 g/mol. The highest BCUT2D eigenvalue weighted by Crippen LogP contribution is 1.96. The Morgan fingerprint density at radius 2 is 2.25 bits per heavy atom. The summed E-state index contributed by atoms with van der Waals surface area (Å²) in [5, 5.41) is 21.4. The number of amides is 2. The lowest BCUT2D eigenvalue weighted by Crippen LogP contribution is -2.40. The van der Waals surface area contributed by atoms with Crippen molar-refractivity contribution in [3.05, 3.63) is 12.2 Å². The van der Waals surface area contributed by atoms with Crippen molar-refractivity contribution in [2.75, 3.05) is 13.7 Å². The van der Waals surface area contributed by atoms with Gasteiger partial charge in [-0.1, -0.05) is 0 Å². The average molecular weight is 285 g/mol. The Morgan fingerprint density at radius 1 is 1.50 bits per heavy atom. The van der Waals surface area contributed by atoms with Crippen molar-refractivity contribution in [2.24, 2.45) is 0 Å². The Bertz CT molecular complexity index is 448. The van der Waals surface area contributed by atoms with E-state index in [1.165, 1.54) is 7.11 Å². The molecule has 20 heavy (non-hydrogen) atoms. The minimum atomic E-state index is -0.977. The molecule has 1 unspecified atom stereocenters. The summed E-state index contributed by atoms with van der Waals surface area (Å²) in [6.07, 6.45) is 0.862. The first-order valence-corrected chi connectivity index (χ1v) is 6.19. The van der Waals surface area contributed by atoms with Gasteiger partial charge in [0, 0.05) is 20.2 Å². The van der Waals surface area contributed by atoms with E-state index < -0.39 is 18.1 Å². The van der Waals surface area contributed by atoms with Crippen LogP contribution in [0.2, 0.25) is 0 Å². The molecule has 0 aliphatic rings. The second kappa shape index (κ2) is 8.10. The zero-order valence-electron chi connectivity index (χ0n) is 11.5. The lowest BCUT2D eigenvalue weighted by atomic mass is 10.2. The number of rotatable bonds is 8. The Kier molecular flexibility index (Phi) is 6.44. The molecule has 0 fully saturated rings. The van der Waals surface area contributed by atoms with Crippen LogP contribution in [0.5, 0.6) is 0 Å². The number of carbonyl (C=O) groups is 2. The molecule has 0 aliphatic carbocycles. The fourth-order valence-electron chi connectivity index (χ4n) is 1.54. The summed E-state index contributed by atoms with van der Waals surface area (Å²) in [6, 6.07) is -0.414. The van der Waals surface area contributed by atoms with Crippen molar-refractivity contribution in [3.8, 4) is 0 Å². The van der Waals surface area contributed by atoms with E-state index >= 15 is 0 Å². The number of urea groups is 1. The van der Waals surface area contributed by atoms with Crippen molar-refractivity contribution < 1.29 is 19.4 Å². The van der Waals surface area contributed by atoms with Gasteiger partial charge in [0.2, 0.25) is 0 Å². The SMILES string of the molecule is CCn1cnnc1CNC(=O)NCC(CC(=O)O)OC. The number of methoxy groups -OCH3 is 1. The minimum Gasteiger partial charge on any atom is -0.481 e. The third-order valence-electron chi connectivity index (χ3n) is 2.67. The Hall–Kier alpha value is -2.16. The normalized spacial score (nSPS) is 11.9. The van der Waals surface area contributed by atoms with Gasteiger partial charge in [0.15, 0.2) is 5.82 Å². The largest absolute Gasteiger partial charge is 0.481 e. The van der Waals surface area contributed by atoms with Crippen molar-refractivity contribution in [1.82, 2.24) is 25.4 Å². The maximum atomic E-state index is 11.6. The average Bonchev–Trinajstić information content (AvgIpc) is 2.88. The zero-order valence-corrected chi connectivity index (χ0v) is 11.5. The predicted octanol–water partition coefficient (Wildman–Crippen LogP) is -0.413. The summed E-state index contributed by atoms with van der Waals surface area (Å²) >= 11 is 0. The Balaban J connectivity index is 2.31. The van der Waals surface area contributed by atoms with E-state index in [9.17, 15) is 9.59 Å². The van der Waals surface area contributed by atoms with Gasteiger partial charge in [-0.05, 0) is 6.92 Å². The summed E-state index contributed by atoms with van der Waals surface area (Å²) in [5.41, 5.74) is 0. The first-order valence-electron chi connectivity index (χ1n) is 6.19. The van der Waals surface area contributed by atoms with Crippen LogP contribution in [0.1, 0.15) is 19.2 Å². The highest BCUT2D eigenvalue weighted by atomic mass is 16.5. The van der Waals surface area contributed by atoms with Crippen LogP contribution in [0.25, 0.3) is 0 Å². The molecule has 1 rings (SSSR count). The second-order valence-electron chi connectivity index (χ2n) is 4.05. The molecule has 1 atom stereocenters. The van der Waals surface area contributed by atoms with Gasteiger partial charge in [-0.2, -0.15) is 0 Å². The van der Waals surface area contributed by atoms with E-state index in [4.69, 9.17) is 9.84 Å². The highest BCUT2D eigenvalue weighted by Gasteiger charge is 2.13. The summed E-state index contributed by atoms with van der Waals surface area (Å²) in [7, 11) is 1.40. The van der Waals surface area contributed by atoms with E-state index in [1.54, 1.807) is 6.33 Å². The van der Waals surface area contributed by atoms with Gasteiger partial charge in [0.1, 0.15) is 6.33 Å². The summed E-state index contributed by atoms with van der Waals surface area (Å²) in [6.45, 7) is 3.03. The number of nitrogens with one attached hydrogen (secondary N) is 2. The van der Waals surface area contributed by atoms with Gasteiger partial charge in [-0.25, -0.2) is 4.79 Å². The van der Waals surface area contributed by atoms with Crippen LogP contribution in [0.3, 0.4) is 0 Å². The molecule has 1 heterocycles. The molecule has 0 saturated heterocycles. The van der Waals surface area contributed by atoms with Crippen LogP contribution in [0.4, 0.5) is 4.79 Å². The maximum absolute atomic E-state index is 11.6. The van der Waals surface area contributed by atoms with Crippen LogP contribution in [-0.2, 0) is 22.6 Å². The smallest absolute Gasteiger partial charge is 0.315 e. The van der Waals surface area contributed by atoms with E-state index in [1.807, 2.05) is 11.5 Å². The maximum Gasteiger partial charge on any atom is 0.315 e. The molecule has 2 amide bonds. The van der Waals surface area contributed by atoms with E-state index in [0.717, 1.165) is 6.54 Å². The molecule has 1 aromatic heterocycles. The lowest BCUT2D eigenvalue weighted by Gasteiger charge is -2.14. The number of ether oxygens (including phenoxy) is 1. The molecule has 0 spiro atoms. The molecule has 0 saturated carbocycles. The van der Waals surface area contributed by atoms with Crippen LogP contribution < -0.4 is 10.6 Å². The summed E-state index contributed by atoms with van der Waals surface area (Å²) in [4.78, 5) is 22.1. The summed E-state index contributed by atoms with van der Waals surface area (Å²) in [5.74, 6) is -0.327. The van der Waals surface area contributed by atoms with Gasteiger partial charge in [-0.15, -0.1) is 10.2 Å². The third-order valence-corrected chi connectivity index (χ3v) is 2.67. The number of nitrogens with zero attached hydrogens (tertiary/aromatic N) is 3. The molecule has 3 N–H and O–H groups in total. The van der Waals surface area contributed by atoms with Crippen molar-refractivity contribution in [1.29, 1.82) is 0 Å². The van der Waals surface area contributed by atoms with Gasteiger partial charge < -0.3 is 25.0 Å². The minimum absolute atomic E-state index is 0.120. The van der Waals surface area contributed by atoms with Crippen LogP contribution in [0, 0.1) is 0 Å². The fourth-order valence-corrected chi connectivity index (χ4v) is 1.54. The lowest BCUT2D eigenvalue weighted by molar-refractivity contribution is -0.139. The monoisotopic (exact) mass is 285 g/mol. The molecule has 9 heteroatoms. The molecule has 1 aromatic rings. The Morgan fingerprint density at radius 3 is 2.85 bits per heavy atom. The number of aliphatic carboxylic acids is 1. The first-order chi connectivity index (χ1) is 9.56. The third kappa shape index (κ3) is 5.22. The van der Waals surface area contributed by atoms with Crippen molar-refractivity contribution >= 4 is 12.0 Å². The van der Waals surface area contributed by atoms with Gasteiger partial charge in [0.25, 0.3) is 0 Å². The van der Waals surface area contributed by atoms with Crippen LogP contribution >= 0.6 is 0 Å². The highest BCUT2D eigenvalue weighted by molar-refractivity contribution is 5.74. The standard InChI is InChI=1S/C11H19N5O4/c1-3-16-7-14-15-9(16)6-13-11(19)12-5-8(20-2)4-10(17)18/h7-8H,3-6H2,1-2H3,(H,17,18)(H2,12,13,19). The van der Waals surface area contributed by atoms with Gasteiger partial charge in [-0.3, -0.25) is 4.79 Å². The zero-order chi connectivity index (χ0) is 15.0. The molecule has 112 valence electrons. The van der Waals surface area contributed by atoms with Crippen LogP contribution in [0.15, 0.2) is 6.33 Å². The quantitative estimate of drug-likeness (QED) is 0.597. The molecule has 0 radical (unpaired) electrons. The predicted molar refractivity (Wildman–Crippen MR) is 69.0 cm³/mol. The van der Waals surface area contributed by atoms with Gasteiger partial charge >= 0.3 is 12.0 Å².